The van der Waals surface area contributed by atoms with Crippen molar-refractivity contribution in [1.82, 2.24) is 10.4 Å². The van der Waals surface area contributed by atoms with Crippen molar-refractivity contribution in [2.75, 3.05) is 6.61 Å². The predicted octanol–water partition coefficient (Wildman–Crippen LogP) is 3.31. The minimum Gasteiger partial charge on any atom is -0.482 e. The predicted molar refractivity (Wildman–Crippen MR) is 86.5 cm³/mol. The number of aromatic nitrogens is 1. The molecule has 0 unspecified atom stereocenters. The molecule has 1 aromatic carbocycles. The second-order valence-corrected chi connectivity index (χ2v) is 5.15. The van der Waals surface area contributed by atoms with Crippen LogP contribution >= 0.6 is 23.2 Å². The van der Waals surface area contributed by atoms with E-state index in [4.69, 9.17) is 27.9 Å². The highest BCUT2D eigenvalue weighted by Gasteiger charge is 2.06. The van der Waals surface area contributed by atoms with Gasteiger partial charge in [0.25, 0.3) is 5.91 Å². The topological polar surface area (TPSA) is 63.6 Å². The first-order valence-electron chi connectivity index (χ1n) is 6.38. The molecule has 2 aromatic rings. The molecule has 114 valence electrons. The van der Waals surface area contributed by atoms with Gasteiger partial charge < -0.3 is 4.74 Å². The number of halogens is 2. The SMILES string of the molecule is C/C(=N\NC(=O)COc1ccc(Cl)cc1Cl)c1ccccn1. The molecule has 7 heteroatoms. The minimum absolute atomic E-state index is 0.208. The summed E-state index contributed by atoms with van der Waals surface area (Å²) in [7, 11) is 0. The lowest BCUT2D eigenvalue weighted by molar-refractivity contribution is -0.123. The molecule has 0 aliphatic rings. The van der Waals surface area contributed by atoms with Gasteiger partial charge >= 0.3 is 0 Å². The van der Waals surface area contributed by atoms with Crippen LogP contribution in [0.3, 0.4) is 0 Å². The van der Waals surface area contributed by atoms with Gasteiger partial charge in [0.2, 0.25) is 0 Å². The fourth-order valence-corrected chi connectivity index (χ4v) is 2.01. The van der Waals surface area contributed by atoms with Crippen molar-refractivity contribution in [2.24, 2.45) is 5.10 Å². The molecule has 1 heterocycles. The van der Waals surface area contributed by atoms with Crippen LogP contribution in [-0.4, -0.2) is 23.2 Å². The Morgan fingerprint density at radius 2 is 2.14 bits per heavy atom. The van der Waals surface area contributed by atoms with Gasteiger partial charge in [-0.25, -0.2) is 5.43 Å². The summed E-state index contributed by atoms with van der Waals surface area (Å²) in [5.74, 6) is -0.0204. The third kappa shape index (κ3) is 4.72. The zero-order valence-corrected chi connectivity index (χ0v) is 13.2. The molecule has 0 saturated carbocycles. The first-order valence-corrected chi connectivity index (χ1v) is 7.14. The van der Waals surface area contributed by atoms with Crippen molar-refractivity contribution in [3.05, 3.63) is 58.3 Å². The van der Waals surface area contributed by atoms with E-state index in [1.807, 2.05) is 6.07 Å². The Morgan fingerprint density at radius 3 is 2.82 bits per heavy atom. The molecule has 22 heavy (non-hydrogen) atoms. The zero-order valence-electron chi connectivity index (χ0n) is 11.7. The number of rotatable bonds is 5. The molecule has 0 fully saturated rings. The monoisotopic (exact) mass is 337 g/mol. The largest absolute Gasteiger partial charge is 0.482 e. The maximum atomic E-state index is 11.7. The maximum absolute atomic E-state index is 11.7. The van der Waals surface area contributed by atoms with Gasteiger partial charge in [-0.2, -0.15) is 5.10 Å². The van der Waals surface area contributed by atoms with Gasteiger partial charge in [0.05, 0.1) is 16.4 Å². The number of hydrogen-bond donors (Lipinski definition) is 1. The van der Waals surface area contributed by atoms with Crippen molar-refractivity contribution in [3.63, 3.8) is 0 Å². The summed E-state index contributed by atoms with van der Waals surface area (Å²) in [5.41, 5.74) is 3.68. The van der Waals surface area contributed by atoms with E-state index in [-0.39, 0.29) is 6.61 Å². The molecule has 0 bridgehead atoms. The van der Waals surface area contributed by atoms with Crippen molar-refractivity contribution in [2.45, 2.75) is 6.92 Å². The van der Waals surface area contributed by atoms with Crippen LogP contribution in [0.5, 0.6) is 5.75 Å². The molecule has 5 nitrogen and oxygen atoms in total. The van der Waals surface area contributed by atoms with E-state index in [1.165, 1.54) is 0 Å². The average molecular weight is 338 g/mol. The van der Waals surface area contributed by atoms with Gasteiger partial charge in [-0.1, -0.05) is 29.3 Å². The summed E-state index contributed by atoms with van der Waals surface area (Å²) in [6.45, 7) is 1.54. The fraction of sp³-hybridized carbons (Fsp3) is 0.133. The number of carbonyl (C=O) groups is 1. The summed E-state index contributed by atoms with van der Waals surface area (Å²) in [5, 5.41) is 4.80. The van der Waals surface area contributed by atoms with Crippen LogP contribution in [0, 0.1) is 0 Å². The second kappa shape index (κ2) is 7.77. The normalized spacial score (nSPS) is 11.1. The zero-order chi connectivity index (χ0) is 15.9. The molecule has 0 spiro atoms. The van der Waals surface area contributed by atoms with Gasteiger partial charge in [0, 0.05) is 11.2 Å². The molecule has 1 amide bonds. The first-order chi connectivity index (χ1) is 10.6. The number of benzene rings is 1. The Kier molecular flexibility index (Phi) is 5.75. The maximum Gasteiger partial charge on any atom is 0.277 e. The Morgan fingerprint density at radius 1 is 1.32 bits per heavy atom. The number of hydrazone groups is 1. The van der Waals surface area contributed by atoms with Crippen LogP contribution in [0.25, 0.3) is 0 Å². The number of carbonyl (C=O) groups excluding carboxylic acids is 1. The molecule has 2 rings (SSSR count). The number of ether oxygens (including phenoxy) is 1. The van der Waals surface area contributed by atoms with Gasteiger partial charge in [-0.3, -0.25) is 9.78 Å². The summed E-state index contributed by atoms with van der Waals surface area (Å²) < 4.78 is 5.30. The summed E-state index contributed by atoms with van der Waals surface area (Å²) >= 11 is 11.7. The van der Waals surface area contributed by atoms with E-state index in [0.717, 1.165) is 0 Å². The van der Waals surface area contributed by atoms with E-state index in [1.54, 1.807) is 43.5 Å². The van der Waals surface area contributed by atoms with Crippen LogP contribution < -0.4 is 10.2 Å². The summed E-state index contributed by atoms with van der Waals surface area (Å²) in [4.78, 5) is 15.8. The molecular formula is C15H13Cl2N3O2. The minimum atomic E-state index is -0.402. The van der Waals surface area contributed by atoms with Gasteiger partial charge in [-0.05, 0) is 37.3 Å². The molecule has 0 radical (unpaired) electrons. The molecule has 0 aliphatic carbocycles. The van der Waals surface area contributed by atoms with Gasteiger partial charge in [0.1, 0.15) is 5.75 Å². The number of nitrogens with one attached hydrogen (secondary N) is 1. The van der Waals surface area contributed by atoms with E-state index in [9.17, 15) is 4.79 Å². The van der Waals surface area contributed by atoms with Crippen LogP contribution in [0.1, 0.15) is 12.6 Å². The quantitative estimate of drug-likeness (QED) is 0.672. The van der Waals surface area contributed by atoms with Gasteiger partial charge in [-0.15, -0.1) is 0 Å². The van der Waals surface area contributed by atoms with Gasteiger partial charge in [0.15, 0.2) is 6.61 Å². The third-order valence-electron chi connectivity index (χ3n) is 2.64. The van der Waals surface area contributed by atoms with Crippen molar-refractivity contribution in [3.8, 4) is 5.75 Å². The van der Waals surface area contributed by atoms with E-state index >= 15 is 0 Å². The van der Waals surface area contributed by atoms with Crippen LogP contribution in [-0.2, 0) is 4.79 Å². The first kappa shape index (κ1) is 16.3. The number of amides is 1. The molecule has 1 aromatic heterocycles. The number of pyridine rings is 1. The standard InChI is InChI=1S/C15H13Cl2N3O2/c1-10(13-4-2-3-7-18-13)19-20-15(21)9-22-14-6-5-11(16)8-12(14)17/h2-8H,9H2,1H3,(H,20,21)/b19-10+. The number of nitrogens with zero attached hydrogens (tertiary/aromatic N) is 2. The Bertz CT molecular complexity index is 690. The second-order valence-electron chi connectivity index (χ2n) is 4.31. The highest BCUT2D eigenvalue weighted by Crippen LogP contribution is 2.27. The lowest BCUT2D eigenvalue weighted by Gasteiger charge is -2.07. The van der Waals surface area contributed by atoms with Crippen molar-refractivity contribution < 1.29 is 9.53 Å². The average Bonchev–Trinajstić information content (AvgIpc) is 2.52. The highest BCUT2D eigenvalue weighted by atomic mass is 35.5. The Hall–Kier alpha value is -2.11. The van der Waals surface area contributed by atoms with Crippen LogP contribution in [0.2, 0.25) is 10.0 Å². The van der Waals surface area contributed by atoms with Crippen molar-refractivity contribution >= 4 is 34.8 Å². The fourth-order valence-electron chi connectivity index (χ4n) is 1.55. The summed E-state index contributed by atoms with van der Waals surface area (Å²) in [6, 6.07) is 10.2. The van der Waals surface area contributed by atoms with Crippen LogP contribution in [0.4, 0.5) is 0 Å². The lowest BCUT2D eigenvalue weighted by atomic mass is 10.3. The molecule has 0 aliphatic heterocycles. The summed E-state index contributed by atoms with van der Waals surface area (Å²) in [6.07, 6.45) is 1.65. The molecular weight excluding hydrogens is 325 g/mol. The molecule has 0 atom stereocenters. The van der Waals surface area contributed by atoms with Crippen molar-refractivity contribution in [1.29, 1.82) is 0 Å². The number of hydrogen-bond acceptors (Lipinski definition) is 4. The Balaban J connectivity index is 1.88. The lowest BCUT2D eigenvalue weighted by Crippen LogP contribution is -2.25. The molecule has 0 saturated heterocycles. The molecule has 1 N–H and O–H groups in total. The smallest absolute Gasteiger partial charge is 0.277 e. The third-order valence-corrected chi connectivity index (χ3v) is 3.17. The Labute approximate surface area is 137 Å². The highest BCUT2D eigenvalue weighted by molar-refractivity contribution is 6.35. The van der Waals surface area contributed by atoms with E-state index in [0.29, 0.717) is 27.2 Å². The van der Waals surface area contributed by atoms with Crippen LogP contribution in [0.15, 0.2) is 47.7 Å². The van der Waals surface area contributed by atoms with E-state index < -0.39 is 5.91 Å². The van der Waals surface area contributed by atoms with E-state index in [2.05, 4.69) is 15.5 Å².